The molecule has 0 unspecified atom stereocenters. The van der Waals surface area contributed by atoms with Crippen LogP contribution in [-0.2, 0) is 13.1 Å². The van der Waals surface area contributed by atoms with Gasteiger partial charge in [-0.2, -0.15) is 0 Å². The minimum atomic E-state index is 0. The van der Waals surface area contributed by atoms with Crippen LogP contribution in [0, 0.1) is 0 Å². The van der Waals surface area contributed by atoms with Crippen molar-refractivity contribution >= 4 is 35.6 Å². The van der Waals surface area contributed by atoms with Gasteiger partial charge >= 0.3 is 0 Å². The maximum Gasteiger partial charge on any atom is 0.193 e. The molecule has 3 N–H and O–H groups in total. The number of anilines is 1. The number of hydrogen-bond acceptors (Lipinski definition) is 4. The summed E-state index contributed by atoms with van der Waals surface area (Å²) in [7, 11) is 4.11. The quantitative estimate of drug-likeness (QED) is 0.388. The molecule has 7 heteroatoms. The van der Waals surface area contributed by atoms with Gasteiger partial charge in [-0.25, -0.2) is 4.99 Å². The van der Waals surface area contributed by atoms with Crippen LogP contribution in [0.1, 0.15) is 17.5 Å². The molecule has 1 aliphatic rings. The average molecular weight is 482 g/mol. The molecule has 6 nitrogen and oxygen atoms in total. The Labute approximate surface area is 177 Å². The highest BCUT2D eigenvalue weighted by atomic mass is 127. The molecule has 27 heavy (non-hydrogen) atoms. The fourth-order valence-corrected chi connectivity index (χ4v) is 2.81. The van der Waals surface area contributed by atoms with Crippen molar-refractivity contribution in [1.29, 1.82) is 0 Å². The normalized spacial score (nSPS) is 13.7. The number of nitrogens with two attached hydrogens (primary N) is 1. The van der Waals surface area contributed by atoms with Crippen LogP contribution in [0.15, 0.2) is 47.5 Å². The Morgan fingerprint density at radius 3 is 2.52 bits per heavy atom. The second kappa shape index (κ2) is 10.4. The Morgan fingerprint density at radius 2 is 1.78 bits per heavy atom. The van der Waals surface area contributed by atoms with E-state index in [4.69, 9.17) is 15.2 Å². The third-order valence-electron chi connectivity index (χ3n) is 4.04. The molecule has 3 rings (SSSR count). The highest BCUT2D eigenvalue weighted by Gasteiger charge is 2.11. The van der Waals surface area contributed by atoms with Crippen molar-refractivity contribution in [2.24, 2.45) is 10.7 Å². The molecule has 0 amide bonds. The maximum absolute atomic E-state index is 6.07. The molecule has 1 aliphatic heterocycles. The standard InChI is InChI=1S/C20H26N4O2.HI/c1-24(2)14-16-7-4-3-6-15(16)13-22-20(21)23-17-8-9-18-19(12-17)26-11-5-10-25-18;/h3-4,6-9,12H,5,10-11,13-14H2,1-2H3,(H3,21,22,23);1H. The van der Waals surface area contributed by atoms with Crippen molar-refractivity contribution < 1.29 is 9.47 Å². The van der Waals surface area contributed by atoms with Crippen LogP contribution in [0.5, 0.6) is 11.5 Å². The van der Waals surface area contributed by atoms with Crippen LogP contribution in [0.2, 0.25) is 0 Å². The molecule has 0 atom stereocenters. The maximum atomic E-state index is 6.07. The van der Waals surface area contributed by atoms with Crippen molar-refractivity contribution in [1.82, 2.24) is 4.90 Å². The minimum absolute atomic E-state index is 0. The highest BCUT2D eigenvalue weighted by molar-refractivity contribution is 14.0. The van der Waals surface area contributed by atoms with Gasteiger partial charge < -0.3 is 25.4 Å². The first-order valence-corrected chi connectivity index (χ1v) is 8.80. The summed E-state index contributed by atoms with van der Waals surface area (Å²) in [5.74, 6) is 1.87. The SMILES string of the molecule is CN(C)Cc1ccccc1CN=C(N)Nc1ccc2c(c1)OCCCO2.I. The number of ether oxygens (including phenoxy) is 2. The molecule has 0 saturated heterocycles. The first-order chi connectivity index (χ1) is 12.6. The molecule has 0 fully saturated rings. The molecule has 146 valence electrons. The molecule has 0 bridgehead atoms. The number of hydrogen-bond donors (Lipinski definition) is 2. The smallest absolute Gasteiger partial charge is 0.193 e. The largest absolute Gasteiger partial charge is 0.490 e. The molecule has 2 aromatic carbocycles. The highest BCUT2D eigenvalue weighted by Crippen LogP contribution is 2.32. The van der Waals surface area contributed by atoms with Crippen LogP contribution >= 0.6 is 24.0 Å². The van der Waals surface area contributed by atoms with Crippen LogP contribution in [0.25, 0.3) is 0 Å². The van der Waals surface area contributed by atoms with Crippen LogP contribution < -0.4 is 20.5 Å². The van der Waals surface area contributed by atoms with Gasteiger partial charge in [0.15, 0.2) is 17.5 Å². The zero-order valence-corrected chi connectivity index (χ0v) is 18.1. The molecule has 0 aromatic heterocycles. The lowest BCUT2D eigenvalue weighted by Gasteiger charge is -2.13. The Kier molecular flexibility index (Phi) is 8.18. The van der Waals surface area contributed by atoms with E-state index in [0.29, 0.717) is 25.7 Å². The van der Waals surface area contributed by atoms with E-state index < -0.39 is 0 Å². The number of nitrogens with zero attached hydrogens (tertiary/aromatic N) is 2. The van der Waals surface area contributed by atoms with Gasteiger partial charge in [-0.15, -0.1) is 24.0 Å². The van der Waals surface area contributed by atoms with Gasteiger partial charge in [0.1, 0.15) is 0 Å². The third-order valence-corrected chi connectivity index (χ3v) is 4.04. The number of aliphatic imine (C=N–C) groups is 1. The fraction of sp³-hybridized carbons (Fsp3) is 0.350. The second-order valence-electron chi connectivity index (χ2n) is 6.54. The lowest BCUT2D eigenvalue weighted by molar-refractivity contribution is 0.297. The summed E-state index contributed by atoms with van der Waals surface area (Å²) in [5, 5.41) is 3.12. The molecule has 0 spiro atoms. The van der Waals surface area contributed by atoms with E-state index in [2.05, 4.69) is 41.4 Å². The summed E-state index contributed by atoms with van der Waals surface area (Å²) in [5.41, 5.74) is 9.32. The van der Waals surface area contributed by atoms with Gasteiger partial charge in [-0.05, 0) is 37.4 Å². The van der Waals surface area contributed by atoms with Gasteiger partial charge in [0, 0.05) is 24.7 Å². The number of halogens is 1. The monoisotopic (exact) mass is 482 g/mol. The van der Waals surface area contributed by atoms with Crippen LogP contribution in [-0.4, -0.2) is 38.2 Å². The summed E-state index contributed by atoms with van der Waals surface area (Å²) in [6.45, 7) is 2.74. The summed E-state index contributed by atoms with van der Waals surface area (Å²) < 4.78 is 11.3. The third kappa shape index (κ3) is 6.28. The summed E-state index contributed by atoms with van der Waals surface area (Å²) >= 11 is 0. The van der Waals surface area contributed by atoms with Gasteiger partial charge in [0.05, 0.1) is 19.8 Å². The number of fused-ring (bicyclic) bond motifs is 1. The van der Waals surface area contributed by atoms with E-state index >= 15 is 0 Å². The van der Waals surface area contributed by atoms with E-state index in [1.165, 1.54) is 11.1 Å². The predicted octanol–water partition coefficient (Wildman–Crippen LogP) is 3.45. The molecule has 1 heterocycles. The van der Waals surface area contributed by atoms with E-state index in [9.17, 15) is 0 Å². The van der Waals surface area contributed by atoms with Gasteiger partial charge in [0.2, 0.25) is 0 Å². The number of rotatable bonds is 5. The predicted molar refractivity (Wildman–Crippen MR) is 120 cm³/mol. The molecule has 0 saturated carbocycles. The number of benzene rings is 2. The number of nitrogens with one attached hydrogen (secondary N) is 1. The van der Waals surface area contributed by atoms with Crippen molar-refractivity contribution in [2.45, 2.75) is 19.5 Å². The summed E-state index contributed by atoms with van der Waals surface area (Å²) in [6, 6.07) is 14.0. The Morgan fingerprint density at radius 1 is 1.07 bits per heavy atom. The molecular weight excluding hydrogens is 455 g/mol. The van der Waals surface area contributed by atoms with Crippen LogP contribution in [0.3, 0.4) is 0 Å². The van der Waals surface area contributed by atoms with E-state index in [1.807, 2.05) is 30.3 Å². The van der Waals surface area contributed by atoms with E-state index in [0.717, 1.165) is 30.2 Å². The van der Waals surface area contributed by atoms with Gasteiger partial charge in [0.25, 0.3) is 0 Å². The van der Waals surface area contributed by atoms with Crippen molar-refractivity contribution in [3.8, 4) is 11.5 Å². The summed E-state index contributed by atoms with van der Waals surface area (Å²) in [4.78, 5) is 6.62. The van der Waals surface area contributed by atoms with Crippen LogP contribution in [0.4, 0.5) is 5.69 Å². The first-order valence-electron chi connectivity index (χ1n) is 8.80. The summed E-state index contributed by atoms with van der Waals surface area (Å²) in [6.07, 6.45) is 0.882. The lowest BCUT2D eigenvalue weighted by atomic mass is 10.1. The topological polar surface area (TPSA) is 72.1 Å². The lowest BCUT2D eigenvalue weighted by Crippen LogP contribution is -2.22. The van der Waals surface area contributed by atoms with Crippen molar-refractivity contribution in [2.75, 3.05) is 32.6 Å². The van der Waals surface area contributed by atoms with Crippen molar-refractivity contribution in [3.63, 3.8) is 0 Å². The van der Waals surface area contributed by atoms with Crippen molar-refractivity contribution in [3.05, 3.63) is 53.6 Å². The minimum Gasteiger partial charge on any atom is -0.490 e. The van der Waals surface area contributed by atoms with Gasteiger partial charge in [-0.1, -0.05) is 24.3 Å². The molecule has 0 aliphatic carbocycles. The first kappa shape index (κ1) is 21.3. The van der Waals surface area contributed by atoms with Gasteiger partial charge in [-0.3, -0.25) is 0 Å². The Hall–Kier alpha value is -2.00. The Bertz CT molecular complexity index is 780. The van der Waals surface area contributed by atoms with E-state index in [-0.39, 0.29) is 24.0 Å². The second-order valence-corrected chi connectivity index (χ2v) is 6.54. The van der Waals surface area contributed by atoms with E-state index in [1.54, 1.807) is 0 Å². The fourth-order valence-electron chi connectivity index (χ4n) is 2.81. The zero-order valence-electron chi connectivity index (χ0n) is 15.8. The molecule has 2 aromatic rings. The Balaban J connectivity index is 0.00000261. The zero-order chi connectivity index (χ0) is 18.4. The molecular formula is C20H27IN4O2. The number of guanidine groups is 1. The average Bonchev–Trinajstić information content (AvgIpc) is 2.85. The molecule has 0 radical (unpaired) electrons.